The summed E-state index contributed by atoms with van der Waals surface area (Å²) in [6, 6.07) is 0.215. The lowest BCUT2D eigenvalue weighted by Gasteiger charge is -2.04. The van der Waals surface area contributed by atoms with Gasteiger partial charge in [-0.2, -0.15) is 0 Å². The minimum Gasteiger partial charge on any atom is -0.382 e. The highest BCUT2D eigenvalue weighted by Gasteiger charge is 2.16. The number of hydrogen-bond donors (Lipinski definition) is 4. The van der Waals surface area contributed by atoms with E-state index in [9.17, 15) is 9.59 Å². The maximum absolute atomic E-state index is 12.0. The molecule has 108 valence electrons. The first-order valence-corrected chi connectivity index (χ1v) is 7.63. The molecule has 0 fully saturated rings. The number of nitrogen functional groups attached to an aromatic ring is 1. The zero-order valence-corrected chi connectivity index (χ0v) is 12.7. The van der Waals surface area contributed by atoms with Crippen molar-refractivity contribution < 1.29 is 4.79 Å². The van der Waals surface area contributed by atoms with Crippen molar-refractivity contribution in [2.45, 2.75) is 26.4 Å². The Labute approximate surface area is 123 Å². The van der Waals surface area contributed by atoms with Crippen molar-refractivity contribution in [3.63, 3.8) is 0 Å². The average Bonchev–Trinajstić information content (AvgIpc) is 2.92. The number of anilines is 2. The van der Waals surface area contributed by atoms with Crippen LogP contribution in [-0.2, 0) is 6.54 Å². The molecule has 0 atom stereocenters. The highest BCUT2D eigenvalue weighted by atomic mass is 32.1. The highest BCUT2D eigenvalue weighted by Crippen LogP contribution is 2.25. The third-order valence-electron chi connectivity index (χ3n) is 2.28. The van der Waals surface area contributed by atoms with E-state index in [1.165, 1.54) is 11.3 Å². The van der Waals surface area contributed by atoms with Gasteiger partial charge in [0.2, 0.25) is 0 Å². The molecule has 2 heterocycles. The van der Waals surface area contributed by atoms with E-state index in [0.29, 0.717) is 15.7 Å². The highest BCUT2D eigenvalue weighted by molar-refractivity contribution is 7.18. The van der Waals surface area contributed by atoms with Crippen molar-refractivity contribution >= 4 is 39.5 Å². The molecule has 1 amide bonds. The number of aromatic amines is 1. The lowest BCUT2D eigenvalue weighted by atomic mass is 10.4. The number of aromatic nitrogens is 2. The SMILES string of the molecule is CC(C)Nc1nc(N)c(C(=O)NCc2csc(=O)[nH]2)s1. The smallest absolute Gasteiger partial charge is 0.304 e. The fourth-order valence-corrected chi connectivity index (χ4v) is 2.99. The van der Waals surface area contributed by atoms with E-state index in [2.05, 4.69) is 20.6 Å². The molecule has 0 bridgehead atoms. The fraction of sp³-hybridized carbons (Fsp3) is 0.364. The summed E-state index contributed by atoms with van der Waals surface area (Å²) < 4.78 is 0. The van der Waals surface area contributed by atoms with E-state index in [-0.39, 0.29) is 29.2 Å². The zero-order chi connectivity index (χ0) is 14.7. The van der Waals surface area contributed by atoms with Crippen LogP contribution in [-0.4, -0.2) is 21.9 Å². The molecule has 9 heteroatoms. The number of amides is 1. The third kappa shape index (κ3) is 3.58. The van der Waals surface area contributed by atoms with Crippen molar-refractivity contribution in [2.75, 3.05) is 11.1 Å². The Morgan fingerprint density at radius 2 is 2.30 bits per heavy atom. The van der Waals surface area contributed by atoms with Crippen molar-refractivity contribution in [1.29, 1.82) is 0 Å². The van der Waals surface area contributed by atoms with Gasteiger partial charge in [0.1, 0.15) is 10.7 Å². The van der Waals surface area contributed by atoms with Gasteiger partial charge in [0.15, 0.2) is 5.13 Å². The van der Waals surface area contributed by atoms with E-state index in [1.54, 1.807) is 5.38 Å². The van der Waals surface area contributed by atoms with Gasteiger partial charge in [-0.25, -0.2) is 4.98 Å². The van der Waals surface area contributed by atoms with Gasteiger partial charge in [-0.05, 0) is 13.8 Å². The van der Waals surface area contributed by atoms with Crippen LogP contribution in [0.1, 0.15) is 29.2 Å². The van der Waals surface area contributed by atoms with Crippen LogP contribution in [0.4, 0.5) is 10.9 Å². The summed E-state index contributed by atoms with van der Waals surface area (Å²) >= 11 is 2.27. The van der Waals surface area contributed by atoms with Crippen LogP contribution in [0.2, 0.25) is 0 Å². The summed E-state index contributed by atoms with van der Waals surface area (Å²) in [6.07, 6.45) is 0. The summed E-state index contributed by atoms with van der Waals surface area (Å²) in [7, 11) is 0. The number of nitrogens with one attached hydrogen (secondary N) is 3. The summed E-state index contributed by atoms with van der Waals surface area (Å²) in [5, 5.41) is 8.08. The molecular weight excluding hydrogens is 298 g/mol. The molecule has 0 saturated heterocycles. The van der Waals surface area contributed by atoms with E-state index in [0.717, 1.165) is 11.3 Å². The fourth-order valence-electron chi connectivity index (χ4n) is 1.46. The molecule has 0 aromatic carbocycles. The van der Waals surface area contributed by atoms with Gasteiger partial charge >= 0.3 is 4.87 Å². The molecule has 0 saturated carbocycles. The van der Waals surface area contributed by atoms with Crippen molar-refractivity contribution in [1.82, 2.24) is 15.3 Å². The monoisotopic (exact) mass is 313 g/mol. The standard InChI is InChI=1S/C11H15N5O2S2/c1-5(2)14-10-16-8(12)7(20-10)9(17)13-3-6-4-19-11(18)15-6/h4-5H,3,12H2,1-2H3,(H,13,17)(H,14,16)(H,15,18). The second-order valence-corrected chi connectivity index (χ2v) is 6.23. The Morgan fingerprint density at radius 3 is 2.90 bits per heavy atom. The zero-order valence-electron chi connectivity index (χ0n) is 11.0. The number of nitrogens with two attached hydrogens (primary N) is 1. The number of carbonyl (C=O) groups is 1. The Morgan fingerprint density at radius 1 is 1.55 bits per heavy atom. The van der Waals surface area contributed by atoms with Gasteiger partial charge in [-0.15, -0.1) is 0 Å². The molecule has 7 nitrogen and oxygen atoms in total. The second-order valence-electron chi connectivity index (χ2n) is 4.39. The van der Waals surface area contributed by atoms with Gasteiger partial charge < -0.3 is 21.4 Å². The Bertz CT molecular complexity index is 658. The van der Waals surface area contributed by atoms with Gasteiger partial charge in [-0.1, -0.05) is 22.7 Å². The number of H-pyrrole nitrogens is 1. The van der Waals surface area contributed by atoms with Crippen LogP contribution in [0, 0.1) is 0 Å². The summed E-state index contributed by atoms with van der Waals surface area (Å²) in [5.41, 5.74) is 6.40. The van der Waals surface area contributed by atoms with Crippen LogP contribution in [0.5, 0.6) is 0 Å². The molecule has 0 aliphatic heterocycles. The van der Waals surface area contributed by atoms with Gasteiger partial charge in [0.25, 0.3) is 5.91 Å². The number of rotatable bonds is 5. The van der Waals surface area contributed by atoms with Crippen molar-refractivity contribution in [3.8, 4) is 0 Å². The minimum atomic E-state index is -0.302. The van der Waals surface area contributed by atoms with Crippen LogP contribution in [0.25, 0.3) is 0 Å². The van der Waals surface area contributed by atoms with E-state index >= 15 is 0 Å². The number of carbonyl (C=O) groups excluding carboxylic acids is 1. The average molecular weight is 313 g/mol. The molecular formula is C11H15N5O2S2. The van der Waals surface area contributed by atoms with Crippen LogP contribution >= 0.6 is 22.7 Å². The summed E-state index contributed by atoms with van der Waals surface area (Å²) in [6.45, 7) is 4.20. The lowest BCUT2D eigenvalue weighted by Crippen LogP contribution is -2.23. The van der Waals surface area contributed by atoms with E-state index in [1.807, 2.05) is 13.8 Å². The quantitative estimate of drug-likeness (QED) is 0.663. The molecule has 0 spiro atoms. The molecule has 5 N–H and O–H groups in total. The molecule has 0 unspecified atom stereocenters. The molecule has 2 aromatic heterocycles. The molecule has 2 aromatic rings. The van der Waals surface area contributed by atoms with Crippen LogP contribution in [0.15, 0.2) is 10.2 Å². The van der Waals surface area contributed by atoms with Gasteiger partial charge in [0, 0.05) is 17.1 Å². The number of nitrogens with zero attached hydrogens (tertiary/aromatic N) is 1. The second kappa shape index (κ2) is 6.06. The van der Waals surface area contributed by atoms with Crippen molar-refractivity contribution in [2.24, 2.45) is 0 Å². The van der Waals surface area contributed by atoms with E-state index < -0.39 is 0 Å². The summed E-state index contributed by atoms with van der Waals surface area (Å²) in [4.78, 5) is 29.9. The summed E-state index contributed by atoms with van der Waals surface area (Å²) in [5.74, 6) is -0.0988. The molecule has 0 radical (unpaired) electrons. The third-order valence-corrected chi connectivity index (χ3v) is 4.00. The first kappa shape index (κ1) is 14.5. The molecule has 0 aliphatic rings. The predicted octanol–water partition coefficient (Wildman–Crippen LogP) is 1.23. The Hall–Kier alpha value is -1.87. The molecule has 0 aliphatic carbocycles. The van der Waals surface area contributed by atoms with Crippen LogP contribution < -0.4 is 21.2 Å². The Kier molecular flexibility index (Phi) is 4.40. The predicted molar refractivity (Wildman–Crippen MR) is 81.4 cm³/mol. The molecule has 2 rings (SSSR count). The normalized spacial score (nSPS) is 10.8. The Balaban J connectivity index is 2.01. The number of thiazole rings is 2. The van der Waals surface area contributed by atoms with Crippen LogP contribution in [0.3, 0.4) is 0 Å². The first-order chi connectivity index (χ1) is 9.45. The number of hydrogen-bond acceptors (Lipinski definition) is 7. The first-order valence-electron chi connectivity index (χ1n) is 5.93. The van der Waals surface area contributed by atoms with Gasteiger partial charge in [-0.3, -0.25) is 9.59 Å². The van der Waals surface area contributed by atoms with E-state index in [4.69, 9.17) is 5.73 Å². The maximum atomic E-state index is 12.0. The minimum absolute atomic E-state index is 0.144. The topological polar surface area (TPSA) is 113 Å². The largest absolute Gasteiger partial charge is 0.382 e. The van der Waals surface area contributed by atoms with Crippen molar-refractivity contribution in [3.05, 3.63) is 25.6 Å². The maximum Gasteiger partial charge on any atom is 0.304 e. The molecule has 20 heavy (non-hydrogen) atoms. The van der Waals surface area contributed by atoms with Gasteiger partial charge in [0.05, 0.1) is 6.54 Å². The lowest BCUT2D eigenvalue weighted by molar-refractivity contribution is 0.0955.